The minimum atomic E-state index is -4.51. The van der Waals surface area contributed by atoms with Crippen LogP contribution in [0.5, 0.6) is 0 Å². The molecule has 0 atom stereocenters. The number of rotatable bonds is 2. The molecule has 1 aromatic rings. The fourth-order valence-electron chi connectivity index (χ4n) is 1.18. The molecule has 0 aliphatic rings. The first-order chi connectivity index (χ1) is 6.99. The van der Waals surface area contributed by atoms with E-state index in [2.05, 4.69) is 0 Å². The van der Waals surface area contributed by atoms with Gasteiger partial charge in [-0.25, -0.2) is 0 Å². The molecule has 0 saturated heterocycles. The fourth-order valence-corrected chi connectivity index (χ4v) is 1.18. The van der Waals surface area contributed by atoms with Gasteiger partial charge in [0.15, 0.2) is 0 Å². The molecule has 80 valence electrons. The first-order valence-electron chi connectivity index (χ1n) is 4.08. The molecule has 0 bridgehead atoms. The third-order valence-electron chi connectivity index (χ3n) is 1.82. The van der Waals surface area contributed by atoms with E-state index in [1.807, 2.05) is 0 Å². The normalized spacial score (nSPS) is 11.1. The van der Waals surface area contributed by atoms with Gasteiger partial charge in [0, 0.05) is 7.11 Å². The van der Waals surface area contributed by atoms with Crippen LogP contribution in [0.25, 0.3) is 0 Å². The van der Waals surface area contributed by atoms with Crippen molar-refractivity contribution in [3.8, 4) is 6.07 Å². The molecule has 0 aliphatic heterocycles. The molecule has 0 unspecified atom stereocenters. The second-order valence-electron chi connectivity index (χ2n) is 2.92. The second-order valence-corrected chi connectivity index (χ2v) is 2.92. The highest BCUT2D eigenvalue weighted by atomic mass is 19.4. The summed E-state index contributed by atoms with van der Waals surface area (Å²) >= 11 is 0. The summed E-state index contributed by atoms with van der Waals surface area (Å²) in [7, 11) is 1.39. The average molecular weight is 215 g/mol. The standard InChI is InChI=1S/C10H8F3NO/c1-15-6-7-2-3-8(5-14)9(4-7)10(11,12)13/h2-4H,6H2,1H3. The zero-order chi connectivity index (χ0) is 11.5. The van der Waals surface area contributed by atoms with Crippen molar-refractivity contribution in [2.45, 2.75) is 12.8 Å². The Bertz CT molecular complexity index is 393. The smallest absolute Gasteiger partial charge is 0.380 e. The van der Waals surface area contributed by atoms with Crippen LogP contribution >= 0.6 is 0 Å². The Morgan fingerprint density at radius 2 is 2.07 bits per heavy atom. The molecule has 0 fully saturated rings. The highest BCUT2D eigenvalue weighted by molar-refractivity contribution is 5.41. The van der Waals surface area contributed by atoms with Gasteiger partial charge in [0.1, 0.15) is 0 Å². The van der Waals surface area contributed by atoms with E-state index in [4.69, 9.17) is 10.00 Å². The van der Waals surface area contributed by atoms with Gasteiger partial charge in [0.2, 0.25) is 0 Å². The van der Waals surface area contributed by atoms with Gasteiger partial charge in [0.05, 0.1) is 23.8 Å². The van der Waals surface area contributed by atoms with Gasteiger partial charge in [-0.15, -0.1) is 0 Å². The Balaban J connectivity index is 3.21. The minimum Gasteiger partial charge on any atom is -0.380 e. The summed E-state index contributed by atoms with van der Waals surface area (Å²) in [6.45, 7) is 0.0921. The summed E-state index contributed by atoms with van der Waals surface area (Å²) in [5.74, 6) is 0. The molecule has 0 amide bonds. The first kappa shape index (κ1) is 11.5. The van der Waals surface area contributed by atoms with E-state index >= 15 is 0 Å². The maximum absolute atomic E-state index is 12.5. The number of benzene rings is 1. The van der Waals surface area contributed by atoms with Crippen molar-refractivity contribution in [1.29, 1.82) is 5.26 Å². The Morgan fingerprint density at radius 1 is 1.40 bits per heavy atom. The molecule has 0 aromatic heterocycles. The summed E-state index contributed by atoms with van der Waals surface area (Å²) in [4.78, 5) is 0. The number of alkyl halides is 3. The van der Waals surface area contributed by atoms with Crippen LogP contribution in [-0.2, 0) is 17.5 Å². The molecule has 1 rings (SSSR count). The Labute approximate surface area is 84.9 Å². The number of halogens is 3. The predicted molar refractivity (Wildman–Crippen MR) is 46.9 cm³/mol. The van der Waals surface area contributed by atoms with Crippen LogP contribution < -0.4 is 0 Å². The van der Waals surface area contributed by atoms with E-state index in [0.29, 0.717) is 5.56 Å². The number of ether oxygens (including phenoxy) is 1. The van der Waals surface area contributed by atoms with Crippen molar-refractivity contribution in [2.75, 3.05) is 7.11 Å². The lowest BCUT2D eigenvalue weighted by atomic mass is 10.0. The third-order valence-corrected chi connectivity index (χ3v) is 1.82. The van der Waals surface area contributed by atoms with Gasteiger partial charge >= 0.3 is 6.18 Å². The molecule has 5 heteroatoms. The number of hydrogen-bond donors (Lipinski definition) is 0. The lowest BCUT2D eigenvalue weighted by Gasteiger charge is -2.10. The molecule has 1 aromatic carbocycles. The van der Waals surface area contributed by atoms with Gasteiger partial charge in [-0.3, -0.25) is 0 Å². The van der Waals surface area contributed by atoms with Crippen LogP contribution in [0.2, 0.25) is 0 Å². The van der Waals surface area contributed by atoms with Crippen LogP contribution in [-0.4, -0.2) is 7.11 Å². The fraction of sp³-hybridized carbons (Fsp3) is 0.300. The van der Waals surface area contributed by atoms with Crippen molar-refractivity contribution >= 4 is 0 Å². The first-order valence-corrected chi connectivity index (χ1v) is 4.08. The maximum Gasteiger partial charge on any atom is 0.417 e. The molecular weight excluding hydrogens is 207 g/mol. The van der Waals surface area contributed by atoms with E-state index in [1.165, 1.54) is 19.2 Å². The number of methoxy groups -OCH3 is 1. The van der Waals surface area contributed by atoms with Crippen LogP contribution in [0, 0.1) is 11.3 Å². The van der Waals surface area contributed by atoms with Crippen LogP contribution in [0.1, 0.15) is 16.7 Å². The number of hydrogen-bond acceptors (Lipinski definition) is 2. The van der Waals surface area contributed by atoms with Gasteiger partial charge in [-0.1, -0.05) is 6.07 Å². The van der Waals surface area contributed by atoms with Gasteiger partial charge in [0.25, 0.3) is 0 Å². The molecule has 0 saturated carbocycles. The summed E-state index contributed by atoms with van der Waals surface area (Å²) in [6.07, 6.45) is -4.51. The zero-order valence-electron chi connectivity index (χ0n) is 7.93. The molecule has 15 heavy (non-hydrogen) atoms. The molecule has 0 radical (unpaired) electrons. The Kier molecular flexibility index (Phi) is 3.32. The number of nitrogens with zero attached hydrogens (tertiary/aromatic N) is 1. The molecule has 0 spiro atoms. The second kappa shape index (κ2) is 4.32. The molecule has 0 aliphatic carbocycles. The highest BCUT2D eigenvalue weighted by Gasteiger charge is 2.33. The van der Waals surface area contributed by atoms with E-state index in [1.54, 1.807) is 0 Å². The van der Waals surface area contributed by atoms with Crippen LogP contribution in [0.3, 0.4) is 0 Å². The van der Waals surface area contributed by atoms with Crippen molar-refractivity contribution in [1.82, 2.24) is 0 Å². The van der Waals surface area contributed by atoms with E-state index in [0.717, 1.165) is 12.1 Å². The highest BCUT2D eigenvalue weighted by Crippen LogP contribution is 2.32. The third kappa shape index (κ3) is 2.70. The average Bonchev–Trinajstić information content (AvgIpc) is 2.17. The Morgan fingerprint density at radius 3 is 2.53 bits per heavy atom. The van der Waals surface area contributed by atoms with E-state index < -0.39 is 11.7 Å². The van der Waals surface area contributed by atoms with Crippen molar-refractivity contribution in [3.63, 3.8) is 0 Å². The van der Waals surface area contributed by atoms with Gasteiger partial charge in [-0.05, 0) is 17.7 Å². The molecule has 2 nitrogen and oxygen atoms in total. The van der Waals surface area contributed by atoms with Crippen molar-refractivity contribution in [2.24, 2.45) is 0 Å². The monoisotopic (exact) mass is 215 g/mol. The molecule has 0 N–H and O–H groups in total. The lowest BCUT2D eigenvalue weighted by molar-refractivity contribution is -0.137. The predicted octanol–water partition coefficient (Wildman–Crippen LogP) is 2.72. The molecule has 0 heterocycles. The van der Waals surface area contributed by atoms with Gasteiger partial charge < -0.3 is 4.74 Å². The summed E-state index contributed by atoms with van der Waals surface area (Å²) in [5.41, 5.74) is -0.897. The maximum atomic E-state index is 12.5. The number of nitriles is 1. The quantitative estimate of drug-likeness (QED) is 0.759. The van der Waals surface area contributed by atoms with Crippen molar-refractivity contribution in [3.05, 3.63) is 34.9 Å². The minimum absolute atomic E-state index is 0.0921. The molecular formula is C10H8F3NO. The Hall–Kier alpha value is -1.54. The van der Waals surface area contributed by atoms with E-state index in [-0.39, 0.29) is 12.2 Å². The van der Waals surface area contributed by atoms with Gasteiger partial charge in [-0.2, -0.15) is 18.4 Å². The zero-order valence-corrected chi connectivity index (χ0v) is 7.93. The van der Waals surface area contributed by atoms with Crippen LogP contribution in [0.15, 0.2) is 18.2 Å². The summed E-state index contributed by atoms with van der Waals surface area (Å²) in [5, 5.41) is 8.52. The summed E-state index contributed by atoms with van der Waals surface area (Å²) < 4.78 is 42.1. The van der Waals surface area contributed by atoms with Crippen molar-refractivity contribution < 1.29 is 17.9 Å². The summed E-state index contributed by atoms with van der Waals surface area (Å²) in [6, 6.07) is 5.03. The SMILES string of the molecule is COCc1ccc(C#N)c(C(F)(F)F)c1. The topological polar surface area (TPSA) is 33.0 Å². The lowest BCUT2D eigenvalue weighted by Crippen LogP contribution is -2.08. The largest absolute Gasteiger partial charge is 0.417 e. The van der Waals surface area contributed by atoms with Crippen LogP contribution in [0.4, 0.5) is 13.2 Å². The van der Waals surface area contributed by atoms with E-state index in [9.17, 15) is 13.2 Å².